The largest absolute Gasteiger partial charge is 0.314 e. The van der Waals surface area contributed by atoms with E-state index in [0.29, 0.717) is 6.04 Å². The van der Waals surface area contributed by atoms with Crippen LogP contribution in [0.4, 0.5) is 0 Å². The van der Waals surface area contributed by atoms with Crippen LogP contribution in [0.3, 0.4) is 0 Å². The van der Waals surface area contributed by atoms with Crippen molar-refractivity contribution >= 4 is 0 Å². The summed E-state index contributed by atoms with van der Waals surface area (Å²) >= 11 is 0. The standard InChI is InChI=1S/C16H30N2/c1-13(2)5-4-6-14(3)17-11-15-9-10-18(12-15)16-7-8-16/h5,14-17H,4,6-12H2,1-3H3/t14-,15-/m1/s1. The first kappa shape index (κ1) is 14.1. The molecule has 0 spiro atoms. The summed E-state index contributed by atoms with van der Waals surface area (Å²) in [5.41, 5.74) is 1.44. The third-order valence-corrected chi connectivity index (χ3v) is 4.29. The monoisotopic (exact) mass is 250 g/mol. The van der Waals surface area contributed by atoms with E-state index in [2.05, 4.69) is 37.1 Å². The van der Waals surface area contributed by atoms with Gasteiger partial charge in [-0.2, -0.15) is 0 Å². The minimum Gasteiger partial charge on any atom is -0.314 e. The van der Waals surface area contributed by atoms with Gasteiger partial charge in [-0.25, -0.2) is 0 Å². The lowest BCUT2D eigenvalue weighted by atomic mass is 10.1. The van der Waals surface area contributed by atoms with Crippen molar-refractivity contribution in [1.29, 1.82) is 0 Å². The summed E-state index contributed by atoms with van der Waals surface area (Å²) in [7, 11) is 0. The van der Waals surface area contributed by atoms with Gasteiger partial charge in [0.05, 0.1) is 0 Å². The highest BCUT2D eigenvalue weighted by Gasteiger charge is 2.34. The van der Waals surface area contributed by atoms with Gasteiger partial charge in [0.25, 0.3) is 0 Å². The van der Waals surface area contributed by atoms with Gasteiger partial charge in [-0.05, 0) is 71.9 Å². The maximum Gasteiger partial charge on any atom is 0.00965 e. The second-order valence-corrected chi connectivity index (χ2v) is 6.55. The summed E-state index contributed by atoms with van der Waals surface area (Å²) in [6.07, 6.45) is 9.16. The smallest absolute Gasteiger partial charge is 0.00965 e. The number of likely N-dealkylation sites (tertiary alicyclic amines) is 1. The summed E-state index contributed by atoms with van der Waals surface area (Å²) < 4.78 is 0. The number of nitrogens with zero attached hydrogens (tertiary/aromatic N) is 1. The maximum absolute atomic E-state index is 3.72. The van der Waals surface area contributed by atoms with Crippen LogP contribution in [0.25, 0.3) is 0 Å². The highest BCUT2D eigenvalue weighted by Crippen LogP contribution is 2.31. The number of hydrogen-bond acceptors (Lipinski definition) is 2. The lowest BCUT2D eigenvalue weighted by Gasteiger charge is -2.18. The molecule has 1 saturated carbocycles. The van der Waals surface area contributed by atoms with Crippen LogP contribution in [0.1, 0.15) is 52.9 Å². The Morgan fingerprint density at radius 3 is 2.78 bits per heavy atom. The molecule has 2 nitrogen and oxygen atoms in total. The van der Waals surface area contributed by atoms with E-state index in [1.54, 1.807) is 0 Å². The fraction of sp³-hybridized carbons (Fsp3) is 0.875. The normalized spacial score (nSPS) is 26.3. The van der Waals surface area contributed by atoms with E-state index in [1.165, 1.54) is 57.3 Å². The topological polar surface area (TPSA) is 15.3 Å². The molecule has 0 aromatic heterocycles. The summed E-state index contributed by atoms with van der Waals surface area (Å²) in [5.74, 6) is 0.900. The highest BCUT2D eigenvalue weighted by atomic mass is 15.2. The number of nitrogens with one attached hydrogen (secondary N) is 1. The Morgan fingerprint density at radius 1 is 1.33 bits per heavy atom. The molecular weight excluding hydrogens is 220 g/mol. The van der Waals surface area contributed by atoms with Gasteiger partial charge >= 0.3 is 0 Å². The molecule has 2 aliphatic rings. The minimum atomic E-state index is 0.663. The predicted molar refractivity (Wildman–Crippen MR) is 78.8 cm³/mol. The summed E-state index contributed by atoms with van der Waals surface area (Å²) in [4.78, 5) is 2.71. The van der Waals surface area contributed by atoms with Gasteiger partial charge in [-0.3, -0.25) is 0 Å². The lowest BCUT2D eigenvalue weighted by molar-refractivity contribution is 0.309. The van der Waals surface area contributed by atoms with Crippen LogP contribution in [0.15, 0.2) is 11.6 Å². The first-order chi connectivity index (χ1) is 8.65. The van der Waals surface area contributed by atoms with Gasteiger partial charge in [-0.1, -0.05) is 11.6 Å². The van der Waals surface area contributed by atoms with E-state index in [-0.39, 0.29) is 0 Å². The van der Waals surface area contributed by atoms with E-state index in [4.69, 9.17) is 0 Å². The molecule has 0 bridgehead atoms. The van der Waals surface area contributed by atoms with Crippen LogP contribution >= 0.6 is 0 Å². The molecule has 0 unspecified atom stereocenters. The molecule has 104 valence electrons. The molecular formula is C16H30N2. The molecule has 1 N–H and O–H groups in total. The molecule has 2 heteroatoms. The van der Waals surface area contributed by atoms with Crippen molar-refractivity contribution in [2.45, 2.75) is 65.0 Å². The van der Waals surface area contributed by atoms with Gasteiger partial charge < -0.3 is 10.2 Å². The van der Waals surface area contributed by atoms with Crippen LogP contribution in [0.2, 0.25) is 0 Å². The van der Waals surface area contributed by atoms with Gasteiger partial charge in [0.2, 0.25) is 0 Å². The average molecular weight is 250 g/mol. The van der Waals surface area contributed by atoms with E-state index in [1.807, 2.05) is 0 Å². The molecule has 2 fully saturated rings. The Hall–Kier alpha value is -0.340. The van der Waals surface area contributed by atoms with E-state index < -0.39 is 0 Å². The minimum absolute atomic E-state index is 0.663. The Labute approximate surface area is 113 Å². The van der Waals surface area contributed by atoms with Crippen molar-refractivity contribution in [1.82, 2.24) is 10.2 Å². The zero-order valence-electron chi connectivity index (χ0n) is 12.4. The SMILES string of the molecule is CC(C)=CCC[C@@H](C)NC[C@H]1CCN(C2CC2)C1. The Morgan fingerprint density at radius 2 is 2.11 bits per heavy atom. The van der Waals surface area contributed by atoms with Crippen molar-refractivity contribution in [2.24, 2.45) is 5.92 Å². The van der Waals surface area contributed by atoms with Crippen LogP contribution < -0.4 is 5.32 Å². The van der Waals surface area contributed by atoms with Crippen molar-refractivity contribution in [2.75, 3.05) is 19.6 Å². The average Bonchev–Trinajstić information content (AvgIpc) is 3.06. The zero-order chi connectivity index (χ0) is 13.0. The predicted octanol–water partition coefficient (Wildman–Crippen LogP) is 3.20. The lowest BCUT2D eigenvalue weighted by Crippen LogP contribution is -2.32. The van der Waals surface area contributed by atoms with Crippen LogP contribution in [0.5, 0.6) is 0 Å². The van der Waals surface area contributed by atoms with E-state index in [9.17, 15) is 0 Å². The molecule has 0 amide bonds. The Bertz CT molecular complexity index is 277. The number of rotatable bonds is 7. The highest BCUT2D eigenvalue weighted by molar-refractivity contribution is 4.93. The quantitative estimate of drug-likeness (QED) is 0.698. The van der Waals surface area contributed by atoms with Gasteiger partial charge in [0.1, 0.15) is 0 Å². The number of allylic oxidation sites excluding steroid dienone is 2. The van der Waals surface area contributed by atoms with Crippen molar-refractivity contribution < 1.29 is 0 Å². The third kappa shape index (κ3) is 4.74. The summed E-state index contributed by atoms with van der Waals surface area (Å²) in [5, 5.41) is 3.72. The summed E-state index contributed by atoms with van der Waals surface area (Å²) in [6.45, 7) is 10.6. The first-order valence-corrected chi connectivity index (χ1v) is 7.76. The molecule has 1 aliphatic heterocycles. The van der Waals surface area contributed by atoms with E-state index >= 15 is 0 Å². The molecule has 18 heavy (non-hydrogen) atoms. The molecule has 2 rings (SSSR count). The Balaban J connectivity index is 1.55. The van der Waals surface area contributed by atoms with Crippen molar-refractivity contribution in [3.05, 3.63) is 11.6 Å². The first-order valence-electron chi connectivity index (χ1n) is 7.76. The molecule has 2 atom stereocenters. The molecule has 0 aromatic rings. The molecule has 1 aliphatic carbocycles. The Kier molecular flexibility index (Phi) is 5.25. The fourth-order valence-corrected chi connectivity index (χ4v) is 2.89. The molecule has 0 radical (unpaired) electrons. The second-order valence-electron chi connectivity index (χ2n) is 6.55. The summed E-state index contributed by atoms with van der Waals surface area (Å²) in [6, 6.07) is 1.63. The zero-order valence-corrected chi connectivity index (χ0v) is 12.4. The van der Waals surface area contributed by atoms with Crippen LogP contribution in [-0.2, 0) is 0 Å². The fourth-order valence-electron chi connectivity index (χ4n) is 2.89. The molecule has 1 heterocycles. The van der Waals surface area contributed by atoms with Gasteiger partial charge in [0.15, 0.2) is 0 Å². The van der Waals surface area contributed by atoms with Crippen LogP contribution in [-0.4, -0.2) is 36.6 Å². The van der Waals surface area contributed by atoms with Gasteiger partial charge in [0, 0.05) is 18.6 Å². The van der Waals surface area contributed by atoms with Crippen LogP contribution in [0, 0.1) is 5.92 Å². The second kappa shape index (κ2) is 6.72. The number of hydrogen-bond donors (Lipinski definition) is 1. The maximum atomic E-state index is 3.72. The van der Waals surface area contributed by atoms with Crippen molar-refractivity contribution in [3.8, 4) is 0 Å². The molecule has 1 saturated heterocycles. The molecule has 0 aromatic carbocycles. The van der Waals surface area contributed by atoms with Crippen molar-refractivity contribution in [3.63, 3.8) is 0 Å². The third-order valence-electron chi connectivity index (χ3n) is 4.29. The van der Waals surface area contributed by atoms with E-state index in [0.717, 1.165) is 12.0 Å². The van der Waals surface area contributed by atoms with Gasteiger partial charge in [-0.15, -0.1) is 0 Å².